The first-order chi connectivity index (χ1) is 19.7. The van der Waals surface area contributed by atoms with Crippen LogP contribution in [0.4, 0.5) is 0 Å². The number of carbonyl (C=O) groups excluding carboxylic acids is 3. The minimum Gasteiger partial charge on any atom is -0.496 e. The lowest BCUT2D eigenvalue weighted by atomic mass is 9.90. The number of methoxy groups -OCH3 is 1. The fraction of sp³-hybridized carbons (Fsp3) is 0.281. The Kier molecular flexibility index (Phi) is 9.29. The van der Waals surface area contributed by atoms with E-state index < -0.39 is 5.97 Å². The van der Waals surface area contributed by atoms with Crippen LogP contribution in [-0.4, -0.2) is 48.7 Å². The van der Waals surface area contributed by atoms with Crippen molar-refractivity contribution in [2.45, 2.75) is 32.6 Å². The third-order valence-electron chi connectivity index (χ3n) is 6.82. The zero-order valence-corrected chi connectivity index (χ0v) is 23.3. The summed E-state index contributed by atoms with van der Waals surface area (Å²) in [6.07, 6.45) is 4.42. The lowest BCUT2D eigenvalue weighted by Crippen LogP contribution is -2.27. The molecule has 212 valence electrons. The minimum absolute atomic E-state index is 0.0544. The highest BCUT2D eigenvalue weighted by Crippen LogP contribution is 2.35. The molecular formula is C32H34N4O5. The van der Waals surface area contributed by atoms with Crippen LogP contribution < -0.4 is 15.8 Å². The van der Waals surface area contributed by atoms with E-state index in [1.165, 1.54) is 13.2 Å². The maximum Gasteiger partial charge on any atom is 0.357 e. The first-order valence-electron chi connectivity index (χ1n) is 13.5. The van der Waals surface area contributed by atoms with Crippen molar-refractivity contribution >= 4 is 29.6 Å². The van der Waals surface area contributed by atoms with Gasteiger partial charge in [0.2, 0.25) is 0 Å². The SMILES string of the molecule is C=Cc1cc(C(=O)Cc2ccc(C(=N)N)cc2)c(-c2ccc(C(=O)NCC3CC3)nc2C(=O)OCCC)cc1OC. The number of ether oxygens (including phenoxy) is 2. The molecule has 0 aliphatic heterocycles. The molecule has 1 aliphatic carbocycles. The second kappa shape index (κ2) is 13.0. The number of amidine groups is 1. The molecule has 1 amide bonds. The zero-order chi connectivity index (χ0) is 29.5. The van der Waals surface area contributed by atoms with Gasteiger partial charge in [-0.1, -0.05) is 43.8 Å². The Labute approximate surface area is 239 Å². The van der Waals surface area contributed by atoms with Gasteiger partial charge in [-0.25, -0.2) is 9.78 Å². The van der Waals surface area contributed by atoms with E-state index in [4.69, 9.17) is 20.6 Å². The number of esters is 1. The van der Waals surface area contributed by atoms with E-state index in [1.807, 2.05) is 6.92 Å². The molecule has 1 heterocycles. The number of nitrogens with two attached hydrogens (primary N) is 1. The van der Waals surface area contributed by atoms with Crippen molar-refractivity contribution in [2.24, 2.45) is 11.7 Å². The first-order valence-corrected chi connectivity index (χ1v) is 13.5. The normalized spacial score (nSPS) is 12.3. The molecule has 4 N–H and O–H groups in total. The standard InChI is InChI=1S/C32H34N4O5/c1-4-14-41-32(39)29-23(12-13-26(36-29)31(38)35-18-20-6-7-20)24-17-28(40-3)21(5-2)16-25(24)27(37)15-19-8-10-22(11-9-19)30(33)34/h5,8-13,16-17,20H,2,4,6-7,14-15,18H2,1,3H3,(H3,33,34)(H,35,38). The topological polar surface area (TPSA) is 144 Å². The molecule has 0 saturated heterocycles. The van der Waals surface area contributed by atoms with Gasteiger partial charge in [-0.15, -0.1) is 0 Å². The molecule has 1 fully saturated rings. The van der Waals surface area contributed by atoms with Crippen LogP contribution in [0.25, 0.3) is 17.2 Å². The Bertz CT molecular complexity index is 1490. The molecule has 1 aromatic heterocycles. The van der Waals surface area contributed by atoms with Crippen molar-refractivity contribution < 1.29 is 23.9 Å². The number of rotatable bonds is 13. The molecule has 9 heteroatoms. The van der Waals surface area contributed by atoms with Gasteiger partial charge >= 0.3 is 5.97 Å². The lowest BCUT2D eigenvalue weighted by molar-refractivity contribution is 0.0499. The predicted molar refractivity (Wildman–Crippen MR) is 157 cm³/mol. The van der Waals surface area contributed by atoms with Crippen LogP contribution in [0.1, 0.15) is 74.2 Å². The van der Waals surface area contributed by atoms with Gasteiger partial charge < -0.3 is 20.5 Å². The highest BCUT2D eigenvalue weighted by molar-refractivity contribution is 6.07. The largest absolute Gasteiger partial charge is 0.496 e. The maximum absolute atomic E-state index is 13.7. The number of nitrogens with zero attached hydrogens (tertiary/aromatic N) is 1. The molecule has 3 aromatic rings. The van der Waals surface area contributed by atoms with Gasteiger partial charge in [-0.05, 0) is 60.6 Å². The Morgan fingerprint density at radius 3 is 2.46 bits per heavy atom. The quantitative estimate of drug-likeness (QED) is 0.119. The van der Waals surface area contributed by atoms with E-state index >= 15 is 0 Å². The van der Waals surface area contributed by atoms with Crippen LogP contribution in [0.3, 0.4) is 0 Å². The van der Waals surface area contributed by atoms with Crippen LogP contribution in [0.5, 0.6) is 5.75 Å². The fourth-order valence-electron chi connectivity index (χ4n) is 4.34. The van der Waals surface area contributed by atoms with Gasteiger partial charge in [0.15, 0.2) is 11.5 Å². The molecule has 41 heavy (non-hydrogen) atoms. The highest BCUT2D eigenvalue weighted by Gasteiger charge is 2.26. The fourth-order valence-corrected chi connectivity index (χ4v) is 4.34. The van der Waals surface area contributed by atoms with E-state index in [0.717, 1.165) is 18.4 Å². The molecule has 2 aromatic carbocycles. The number of Topliss-reactive ketones (excluding diaryl/α,β-unsaturated/α-hetero) is 1. The highest BCUT2D eigenvalue weighted by atomic mass is 16.5. The van der Waals surface area contributed by atoms with Crippen LogP contribution >= 0.6 is 0 Å². The summed E-state index contributed by atoms with van der Waals surface area (Å²) in [6, 6.07) is 13.4. The zero-order valence-electron chi connectivity index (χ0n) is 23.3. The number of pyridine rings is 1. The monoisotopic (exact) mass is 554 g/mol. The third kappa shape index (κ3) is 7.05. The predicted octanol–water partition coefficient (Wildman–Crippen LogP) is 4.82. The molecule has 0 spiro atoms. The van der Waals surface area contributed by atoms with Gasteiger partial charge in [0.25, 0.3) is 5.91 Å². The van der Waals surface area contributed by atoms with Crippen molar-refractivity contribution in [1.29, 1.82) is 5.41 Å². The number of hydrogen-bond acceptors (Lipinski definition) is 7. The van der Waals surface area contributed by atoms with Gasteiger partial charge in [-0.2, -0.15) is 0 Å². The molecule has 0 atom stereocenters. The van der Waals surface area contributed by atoms with E-state index in [0.29, 0.717) is 52.5 Å². The van der Waals surface area contributed by atoms with E-state index in [-0.39, 0.29) is 41.9 Å². The van der Waals surface area contributed by atoms with Crippen LogP contribution in [0, 0.1) is 11.3 Å². The van der Waals surface area contributed by atoms with Crippen molar-refractivity contribution in [3.05, 3.63) is 88.8 Å². The number of nitrogens with one attached hydrogen (secondary N) is 2. The summed E-state index contributed by atoms with van der Waals surface area (Å²) in [6.45, 7) is 6.46. The van der Waals surface area contributed by atoms with Gasteiger partial charge in [-0.3, -0.25) is 15.0 Å². The maximum atomic E-state index is 13.7. The average molecular weight is 555 g/mol. The van der Waals surface area contributed by atoms with E-state index in [2.05, 4.69) is 16.9 Å². The molecular weight excluding hydrogens is 520 g/mol. The van der Waals surface area contributed by atoms with Crippen LogP contribution in [0.15, 0.2) is 55.1 Å². The Hall–Kier alpha value is -4.79. The summed E-state index contributed by atoms with van der Waals surface area (Å²) in [7, 11) is 1.51. The van der Waals surface area contributed by atoms with Crippen molar-refractivity contribution in [2.75, 3.05) is 20.3 Å². The van der Waals surface area contributed by atoms with Crippen molar-refractivity contribution in [1.82, 2.24) is 10.3 Å². The van der Waals surface area contributed by atoms with Gasteiger partial charge in [0.05, 0.1) is 13.7 Å². The number of benzene rings is 2. The molecule has 1 aliphatic rings. The Morgan fingerprint density at radius 2 is 1.85 bits per heavy atom. The van der Waals surface area contributed by atoms with Crippen molar-refractivity contribution in [3.63, 3.8) is 0 Å². The summed E-state index contributed by atoms with van der Waals surface area (Å²) < 4.78 is 11.0. The number of ketones is 1. The summed E-state index contributed by atoms with van der Waals surface area (Å²) in [4.78, 5) is 44.2. The second-order valence-corrected chi connectivity index (χ2v) is 9.94. The van der Waals surface area contributed by atoms with E-state index in [1.54, 1.807) is 48.5 Å². The number of hydrogen-bond donors (Lipinski definition) is 3. The minimum atomic E-state index is -0.691. The van der Waals surface area contributed by atoms with Gasteiger partial charge in [0.1, 0.15) is 17.3 Å². The lowest BCUT2D eigenvalue weighted by Gasteiger charge is -2.17. The third-order valence-corrected chi connectivity index (χ3v) is 6.82. The summed E-state index contributed by atoms with van der Waals surface area (Å²) in [5, 5.41) is 10.5. The Balaban J connectivity index is 1.79. The number of amides is 1. The Morgan fingerprint density at radius 1 is 1.12 bits per heavy atom. The average Bonchev–Trinajstić information content (AvgIpc) is 3.82. The summed E-state index contributed by atoms with van der Waals surface area (Å²) in [5.74, 6) is -0.413. The molecule has 1 saturated carbocycles. The molecule has 0 radical (unpaired) electrons. The van der Waals surface area contributed by atoms with Gasteiger partial charge in [0, 0.05) is 35.2 Å². The first kappa shape index (κ1) is 29.2. The summed E-state index contributed by atoms with van der Waals surface area (Å²) in [5.41, 5.74) is 8.55. The summed E-state index contributed by atoms with van der Waals surface area (Å²) >= 11 is 0. The van der Waals surface area contributed by atoms with Crippen molar-refractivity contribution in [3.8, 4) is 16.9 Å². The second-order valence-electron chi connectivity index (χ2n) is 9.94. The molecule has 4 rings (SSSR count). The number of aromatic nitrogens is 1. The molecule has 9 nitrogen and oxygen atoms in total. The van der Waals surface area contributed by atoms with Crippen LogP contribution in [-0.2, 0) is 11.2 Å². The smallest absolute Gasteiger partial charge is 0.357 e. The number of carbonyl (C=O) groups is 3. The van der Waals surface area contributed by atoms with E-state index in [9.17, 15) is 14.4 Å². The van der Waals surface area contributed by atoms with Crippen LogP contribution in [0.2, 0.25) is 0 Å². The molecule has 0 unspecified atom stereocenters. The molecule has 0 bridgehead atoms. The number of nitrogen functional groups attached to an aromatic ring is 1.